The summed E-state index contributed by atoms with van der Waals surface area (Å²) in [6.45, 7) is 15.5. The molecule has 0 aromatic heterocycles. The minimum Gasteiger partial charge on any atom is -0.444 e. The van der Waals surface area contributed by atoms with Crippen LogP contribution in [0.1, 0.15) is 86.6 Å². The zero-order valence-electron chi connectivity index (χ0n) is 23.1. The normalized spacial score (nSPS) is 18.6. The van der Waals surface area contributed by atoms with E-state index in [1.807, 2.05) is 73.6 Å². The fourth-order valence-electron chi connectivity index (χ4n) is 4.01. The van der Waals surface area contributed by atoms with Crippen molar-refractivity contribution < 1.29 is 23.6 Å². The molecule has 0 spiro atoms. The number of carbonyl (C=O) groups is 2. The lowest BCUT2D eigenvalue weighted by molar-refractivity contribution is -0.126. The standard InChI is InChI=1S/C27H45BN2O5/c1-10-15-21(30(9)24(32)33-25(2,3)4)23(31)29-22(19-14-18-20-16-12-11-13-17-20)28-34-26(5,6)27(7,8)35-28/h11-13,16-17,21-22H,10,14-15,18-19H2,1-9H3,(H,29,31)/t21-,22+/m1/s1. The van der Waals surface area contributed by atoms with Crippen LogP contribution in [0.25, 0.3) is 0 Å². The molecule has 7 nitrogen and oxygen atoms in total. The summed E-state index contributed by atoms with van der Waals surface area (Å²) in [6.07, 6.45) is 3.21. The Kier molecular flexibility index (Phi) is 9.83. The first-order valence-corrected chi connectivity index (χ1v) is 12.8. The highest BCUT2D eigenvalue weighted by atomic mass is 16.7. The molecule has 8 heteroatoms. The monoisotopic (exact) mass is 488 g/mol. The van der Waals surface area contributed by atoms with E-state index in [0.717, 1.165) is 19.3 Å². The molecular formula is C27H45BN2O5. The van der Waals surface area contributed by atoms with Gasteiger partial charge in [0.05, 0.1) is 17.1 Å². The average molecular weight is 488 g/mol. The number of likely N-dealkylation sites (N-methyl/N-ethyl adjacent to an activating group) is 1. The highest BCUT2D eigenvalue weighted by Gasteiger charge is 2.54. The van der Waals surface area contributed by atoms with E-state index in [1.54, 1.807) is 7.05 Å². The molecule has 1 aliphatic rings. The van der Waals surface area contributed by atoms with Crippen molar-refractivity contribution in [3.8, 4) is 0 Å². The number of ether oxygens (including phenoxy) is 1. The minimum atomic E-state index is -0.645. The fraction of sp³-hybridized carbons (Fsp3) is 0.704. The van der Waals surface area contributed by atoms with E-state index in [0.29, 0.717) is 12.8 Å². The quantitative estimate of drug-likeness (QED) is 0.461. The smallest absolute Gasteiger partial charge is 0.444 e. The van der Waals surface area contributed by atoms with E-state index in [9.17, 15) is 9.59 Å². The number of benzene rings is 1. The van der Waals surface area contributed by atoms with Crippen LogP contribution in [0, 0.1) is 0 Å². The number of nitrogens with zero attached hydrogens (tertiary/aromatic N) is 1. The van der Waals surface area contributed by atoms with Gasteiger partial charge in [0.15, 0.2) is 0 Å². The van der Waals surface area contributed by atoms with Crippen molar-refractivity contribution >= 4 is 19.1 Å². The highest BCUT2D eigenvalue weighted by molar-refractivity contribution is 6.48. The van der Waals surface area contributed by atoms with Gasteiger partial charge in [-0.3, -0.25) is 9.69 Å². The number of nitrogens with one attached hydrogen (secondary N) is 1. The lowest BCUT2D eigenvalue weighted by atomic mass is 9.75. The molecule has 2 atom stereocenters. The Bertz CT molecular complexity index is 822. The maximum absolute atomic E-state index is 13.5. The Labute approximate surface area is 212 Å². The van der Waals surface area contributed by atoms with Crippen LogP contribution in [-0.2, 0) is 25.3 Å². The topological polar surface area (TPSA) is 77.1 Å². The van der Waals surface area contributed by atoms with Gasteiger partial charge in [-0.05, 0) is 79.7 Å². The molecule has 1 fully saturated rings. The first-order chi connectivity index (χ1) is 16.2. The van der Waals surface area contributed by atoms with Crippen LogP contribution in [0.15, 0.2) is 30.3 Å². The second-order valence-corrected chi connectivity index (χ2v) is 11.5. The summed E-state index contributed by atoms with van der Waals surface area (Å²) in [6, 6.07) is 9.64. The molecule has 1 aromatic rings. The molecule has 0 saturated carbocycles. The van der Waals surface area contributed by atoms with Gasteiger partial charge in [-0.2, -0.15) is 0 Å². The zero-order valence-corrected chi connectivity index (χ0v) is 23.1. The lowest BCUT2D eigenvalue weighted by Crippen LogP contribution is -2.55. The molecule has 1 heterocycles. The Morgan fingerprint density at radius 3 is 2.14 bits per heavy atom. The van der Waals surface area contributed by atoms with Crippen molar-refractivity contribution in [2.24, 2.45) is 0 Å². The summed E-state index contributed by atoms with van der Waals surface area (Å²) in [5.41, 5.74) is -0.395. The molecule has 1 aromatic carbocycles. The van der Waals surface area contributed by atoms with E-state index in [1.165, 1.54) is 10.5 Å². The molecule has 35 heavy (non-hydrogen) atoms. The van der Waals surface area contributed by atoms with Crippen LogP contribution in [0.3, 0.4) is 0 Å². The van der Waals surface area contributed by atoms with Gasteiger partial charge in [-0.25, -0.2) is 4.79 Å². The van der Waals surface area contributed by atoms with Gasteiger partial charge in [0, 0.05) is 7.05 Å². The van der Waals surface area contributed by atoms with Crippen molar-refractivity contribution in [3.63, 3.8) is 0 Å². The number of rotatable bonds is 10. The summed E-state index contributed by atoms with van der Waals surface area (Å²) in [5, 5.41) is 3.17. The summed E-state index contributed by atoms with van der Waals surface area (Å²) >= 11 is 0. The van der Waals surface area contributed by atoms with Crippen molar-refractivity contribution in [2.45, 2.75) is 116 Å². The van der Waals surface area contributed by atoms with Crippen molar-refractivity contribution in [3.05, 3.63) is 35.9 Å². The fourth-order valence-corrected chi connectivity index (χ4v) is 4.01. The predicted molar refractivity (Wildman–Crippen MR) is 140 cm³/mol. The maximum atomic E-state index is 13.5. The van der Waals surface area contributed by atoms with Gasteiger partial charge < -0.3 is 19.4 Å². The number of amides is 2. The van der Waals surface area contributed by atoms with E-state index < -0.39 is 36.1 Å². The van der Waals surface area contributed by atoms with Crippen LogP contribution in [-0.4, -0.2) is 59.9 Å². The van der Waals surface area contributed by atoms with E-state index in [-0.39, 0.29) is 11.8 Å². The average Bonchev–Trinajstić information content (AvgIpc) is 2.97. The van der Waals surface area contributed by atoms with Crippen LogP contribution < -0.4 is 5.32 Å². The van der Waals surface area contributed by atoms with Gasteiger partial charge in [0.1, 0.15) is 11.6 Å². The Balaban J connectivity index is 2.17. The summed E-state index contributed by atoms with van der Waals surface area (Å²) in [7, 11) is 1.04. The molecule has 0 radical (unpaired) electrons. The molecule has 1 N–H and O–H groups in total. The van der Waals surface area contributed by atoms with Gasteiger partial charge in [0.2, 0.25) is 5.91 Å². The Morgan fingerprint density at radius 1 is 1.06 bits per heavy atom. The first kappa shape index (κ1) is 29.2. The third kappa shape index (κ3) is 8.24. The molecule has 2 rings (SSSR count). The summed E-state index contributed by atoms with van der Waals surface area (Å²) in [5.74, 6) is -0.571. The summed E-state index contributed by atoms with van der Waals surface area (Å²) in [4.78, 5) is 27.6. The predicted octanol–water partition coefficient (Wildman–Crippen LogP) is 5.16. The SMILES string of the molecule is CCC[C@H](C(=O)N[C@@H](CCCc1ccccc1)B1OC(C)(C)C(C)(C)O1)N(C)C(=O)OC(C)(C)C. The second kappa shape index (κ2) is 11.8. The zero-order chi connectivity index (χ0) is 26.4. The molecule has 196 valence electrons. The maximum Gasteiger partial charge on any atom is 0.481 e. The molecule has 1 saturated heterocycles. The van der Waals surface area contributed by atoms with Crippen LogP contribution in [0.5, 0.6) is 0 Å². The Morgan fingerprint density at radius 2 is 1.63 bits per heavy atom. The van der Waals surface area contributed by atoms with Crippen molar-refractivity contribution in [1.82, 2.24) is 10.2 Å². The van der Waals surface area contributed by atoms with E-state index in [2.05, 4.69) is 17.4 Å². The van der Waals surface area contributed by atoms with E-state index in [4.69, 9.17) is 14.0 Å². The minimum absolute atomic E-state index is 0.223. The lowest BCUT2D eigenvalue weighted by Gasteiger charge is -2.32. The van der Waals surface area contributed by atoms with E-state index >= 15 is 0 Å². The number of aryl methyl sites for hydroxylation is 1. The molecule has 0 aliphatic carbocycles. The third-order valence-corrected chi connectivity index (χ3v) is 6.76. The Hall–Kier alpha value is -2.06. The second-order valence-electron chi connectivity index (χ2n) is 11.5. The largest absolute Gasteiger partial charge is 0.481 e. The molecule has 0 unspecified atom stereocenters. The molecule has 1 aliphatic heterocycles. The molecule has 2 amide bonds. The molecular weight excluding hydrogens is 443 g/mol. The van der Waals surface area contributed by atoms with Gasteiger partial charge in [0.25, 0.3) is 0 Å². The third-order valence-electron chi connectivity index (χ3n) is 6.76. The van der Waals surface area contributed by atoms with Crippen molar-refractivity contribution in [1.29, 1.82) is 0 Å². The highest BCUT2D eigenvalue weighted by Crippen LogP contribution is 2.38. The first-order valence-electron chi connectivity index (χ1n) is 12.8. The number of hydrogen-bond donors (Lipinski definition) is 1. The van der Waals surface area contributed by atoms with Gasteiger partial charge >= 0.3 is 13.2 Å². The summed E-state index contributed by atoms with van der Waals surface area (Å²) < 4.78 is 18.1. The number of hydrogen-bond acceptors (Lipinski definition) is 5. The van der Waals surface area contributed by atoms with Gasteiger partial charge in [-0.1, -0.05) is 43.7 Å². The van der Waals surface area contributed by atoms with Crippen LogP contribution in [0.2, 0.25) is 0 Å². The van der Waals surface area contributed by atoms with Crippen molar-refractivity contribution in [2.75, 3.05) is 7.05 Å². The van der Waals surface area contributed by atoms with Crippen LogP contribution in [0.4, 0.5) is 4.79 Å². The van der Waals surface area contributed by atoms with Gasteiger partial charge in [-0.15, -0.1) is 0 Å². The van der Waals surface area contributed by atoms with Crippen LogP contribution >= 0.6 is 0 Å². The number of carbonyl (C=O) groups excluding carboxylic acids is 2. The molecule has 0 bridgehead atoms.